The molecule has 0 radical (unpaired) electrons. The van der Waals surface area contributed by atoms with Gasteiger partial charge in [-0.05, 0) is 42.3 Å². The predicted molar refractivity (Wildman–Crippen MR) is 85.3 cm³/mol. The molecule has 2 amide bonds. The fourth-order valence-corrected chi connectivity index (χ4v) is 1.85. The Morgan fingerprint density at radius 2 is 1.96 bits per heavy atom. The monoisotopic (exact) mass is 332 g/mol. The van der Waals surface area contributed by atoms with Crippen LogP contribution in [0.15, 0.2) is 52.8 Å². The highest BCUT2D eigenvalue weighted by Gasteiger charge is 2.16. The normalized spacial score (nSPS) is 11.2. The van der Waals surface area contributed by atoms with Crippen LogP contribution in [-0.4, -0.2) is 30.1 Å². The number of rotatable bonds is 7. The fraction of sp³-hybridized carbons (Fsp3) is 0.176. The van der Waals surface area contributed by atoms with Crippen LogP contribution in [0.1, 0.15) is 22.5 Å². The molecule has 6 nitrogen and oxygen atoms in total. The third kappa shape index (κ3) is 5.06. The molecule has 7 heteroatoms. The number of halogens is 1. The SMILES string of the molecule is O=C(NCCCO)/C(=C\c1ccc(F)cc1)NC(=O)c1ccco1. The zero-order valence-corrected chi connectivity index (χ0v) is 12.8. The second kappa shape index (κ2) is 8.64. The number of hydrogen-bond donors (Lipinski definition) is 3. The Kier molecular flexibility index (Phi) is 6.27. The van der Waals surface area contributed by atoms with Crippen molar-refractivity contribution in [3.8, 4) is 0 Å². The van der Waals surface area contributed by atoms with Crippen molar-refractivity contribution in [2.24, 2.45) is 0 Å². The lowest BCUT2D eigenvalue weighted by molar-refractivity contribution is -0.117. The van der Waals surface area contributed by atoms with Gasteiger partial charge in [-0.25, -0.2) is 4.39 Å². The highest BCUT2D eigenvalue weighted by atomic mass is 19.1. The second-order valence-corrected chi connectivity index (χ2v) is 4.87. The number of aliphatic hydroxyl groups is 1. The van der Waals surface area contributed by atoms with Gasteiger partial charge in [0, 0.05) is 13.2 Å². The molecule has 0 aliphatic carbocycles. The molecular formula is C17H17FN2O4. The first kappa shape index (κ1) is 17.4. The molecule has 1 aromatic carbocycles. The van der Waals surface area contributed by atoms with E-state index < -0.39 is 17.6 Å². The molecule has 0 fully saturated rings. The van der Waals surface area contributed by atoms with E-state index in [4.69, 9.17) is 9.52 Å². The summed E-state index contributed by atoms with van der Waals surface area (Å²) in [5.74, 6) is -1.44. The molecule has 0 atom stereocenters. The number of nitrogens with one attached hydrogen (secondary N) is 2. The molecule has 1 aromatic heterocycles. The van der Waals surface area contributed by atoms with E-state index in [-0.39, 0.29) is 24.6 Å². The van der Waals surface area contributed by atoms with Gasteiger partial charge in [0.15, 0.2) is 5.76 Å². The summed E-state index contributed by atoms with van der Waals surface area (Å²) in [6, 6.07) is 8.49. The Balaban J connectivity index is 2.18. The van der Waals surface area contributed by atoms with E-state index >= 15 is 0 Å². The van der Waals surface area contributed by atoms with Gasteiger partial charge in [0.1, 0.15) is 11.5 Å². The Morgan fingerprint density at radius 3 is 2.58 bits per heavy atom. The minimum atomic E-state index is -0.578. The first-order chi connectivity index (χ1) is 11.6. The standard InChI is InChI=1S/C17H17FN2O4/c18-13-6-4-12(5-7-13)11-14(16(22)19-8-2-9-21)20-17(23)15-3-1-10-24-15/h1,3-7,10-11,21H,2,8-9H2,(H,19,22)(H,20,23)/b14-11+. The molecule has 3 N–H and O–H groups in total. The molecule has 2 rings (SSSR count). The van der Waals surface area contributed by atoms with E-state index in [1.165, 1.54) is 42.7 Å². The third-order valence-corrected chi connectivity index (χ3v) is 3.04. The lowest BCUT2D eigenvalue weighted by Crippen LogP contribution is -2.35. The van der Waals surface area contributed by atoms with Gasteiger partial charge in [0.2, 0.25) is 0 Å². The molecule has 0 unspecified atom stereocenters. The van der Waals surface area contributed by atoms with Crippen LogP contribution in [-0.2, 0) is 4.79 Å². The highest BCUT2D eigenvalue weighted by molar-refractivity contribution is 6.04. The molecular weight excluding hydrogens is 315 g/mol. The van der Waals surface area contributed by atoms with Crippen molar-refractivity contribution < 1.29 is 23.5 Å². The van der Waals surface area contributed by atoms with Crippen molar-refractivity contribution in [2.45, 2.75) is 6.42 Å². The van der Waals surface area contributed by atoms with Gasteiger partial charge in [0.25, 0.3) is 11.8 Å². The largest absolute Gasteiger partial charge is 0.459 e. The number of hydrogen-bond acceptors (Lipinski definition) is 4. The summed E-state index contributed by atoms with van der Waals surface area (Å²) in [7, 11) is 0. The zero-order valence-electron chi connectivity index (χ0n) is 12.8. The van der Waals surface area contributed by atoms with Gasteiger partial charge in [0.05, 0.1) is 6.26 Å². The number of amides is 2. The molecule has 0 bridgehead atoms. The van der Waals surface area contributed by atoms with E-state index in [1.807, 2.05) is 0 Å². The lowest BCUT2D eigenvalue weighted by Gasteiger charge is -2.10. The summed E-state index contributed by atoms with van der Waals surface area (Å²) in [4.78, 5) is 24.3. The van der Waals surface area contributed by atoms with Gasteiger partial charge in [-0.15, -0.1) is 0 Å². The molecule has 0 saturated heterocycles. The van der Waals surface area contributed by atoms with Gasteiger partial charge in [-0.3, -0.25) is 9.59 Å². The van der Waals surface area contributed by atoms with Crippen LogP contribution in [0.4, 0.5) is 4.39 Å². The predicted octanol–water partition coefficient (Wildman–Crippen LogP) is 1.69. The van der Waals surface area contributed by atoms with Crippen LogP contribution < -0.4 is 10.6 Å². The van der Waals surface area contributed by atoms with E-state index in [2.05, 4.69) is 10.6 Å². The molecule has 24 heavy (non-hydrogen) atoms. The van der Waals surface area contributed by atoms with Crippen LogP contribution in [0.25, 0.3) is 6.08 Å². The van der Waals surface area contributed by atoms with Crippen molar-refractivity contribution in [3.05, 3.63) is 65.5 Å². The van der Waals surface area contributed by atoms with E-state index in [1.54, 1.807) is 6.07 Å². The van der Waals surface area contributed by atoms with Gasteiger partial charge < -0.3 is 20.2 Å². The minimum Gasteiger partial charge on any atom is -0.459 e. The van der Waals surface area contributed by atoms with Crippen molar-refractivity contribution in [2.75, 3.05) is 13.2 Å². The minimum absolute atomic E-state index is 0.0130. The Bertz CT molecular complexity index is 709. The van der Waals surface area contributed by atoms with Crippen LogP contribution in [0.5, 0.6) is 0 Å². The lowest BCUT2D eigenvalue weighted by atomic mass is 10.2. The summed E-state index contributed by atoms with van der Waals surface area (Å²) in [6.45, 7) is 0.197. The maximum Gasteiger partial charge on any atom is 0.291 e. The Labute approximate surface area is 138 Å². The quantitative estimate of drug-likeness (QED) is 0.531. The van der Waals surface area contributed by atoms with E-state index in [9.17, 15) is 14.0 Å². The number of carbonyl (C=O) groups is 2. The third-order valence-electron chi connectivity index (χ3n) is 3.04. The van der Waals surface area contributed by atoms with Crippen LogP contribution in [0.3, 0.4) is 0 Å². The summed E-state index contributed by atoms with van der Waals surface area (Å²) < 4.78 is 18.0. The van der Waals surface area contributed by atoms with Gasteiger partial charge >= 0.3 is 0 Å². The van der Waals surface area contributed by atoms with Gasteiger partial charge in [-0.2, -0.15) is 0 Å². The molecule has 1 heterocycles. The number of furan rings is 1. The average Bonchev–Trinajstić information content (AvgIpc) is 3.11. The number of carbonyl (C=O) groups excluding carboxylic acids is 2. The van der Waals surface area contributed by atoms with E-state index in [0.29, 0.717) is 12.0 Å². The average molecular weight is 332 g/mol. The van der Waals surface area contributed by atoms with E-state index in [0.717, 1.165) is 0 Å². The fourth-order valence-electron chi connectivity index (χ4n) is 1.85. The van der Waals surface area contributed by atoms with Crippen LogP contribution >= 0.6 is 0 Å². The summed E-state index contributed by atoms with van der Waals surface area (Å²) in [5.41, 5.74) is 0.532. The first-order valence-corrected chi connectivity index (χ1v) is 7.31. The maximum absolute atomic E-state index is 13.0. The van der Waals surface area contributed by atoms with Crippen LogP contribution in [0, 0.1) is 5.82 Å². The molecule has 0 aliphatic heterocycles. The summed E-state index contributed by atoms with van der Waals surface area (Å²) in [5, 5.41) is 13.8. The van der Waals surface area contributed by atoms with Crippen molar-refractivity contribution in [3.63, 3.8) is 0 Å². The maximum atomic E-state index is 13.0. The molecule has 126 valence electrons. The molecule has 2 aromatic rings. The molecule has 0 aliphatic rings. The van der Waals surface area contributed by atoms with Crippen LogP contribution in [0.2, 0.25) is 0 Å². The van der Waals surface area contributed by atoms with Crippen molar-refractivity contribution in [1.29, 1.82) is 0 Å². The topological polar surface area (TPSA) is 91.6 Å². The Morgan fingerprint density at radius 1 is 1.21 bits per heavy atom. The Hall–Kier alpha value is -2.93. The first-order valence-electron chi connectivity index (χ1n) is 7.31. The summed E-state index contributed by atoms with van der Waals surface area (Å²) >= 11 is 0. The number of benzene rings is 1. The van der Waals surface area contributed by atoms with Gasteiger partial charge in [-0.1, -0.05) is 12.1 Å². The number of aliphatic hydroxyl groups excluding tert-OH is 1. The second-order valence-electron chi connectivity index (χ2n) is 4.87. The smallest absolute Gasteiger partial charge is 0.291 e. The zero-order chi connectivity index (χ0) is 17.4. The summed E-state index contributed by atoms with van der Waals surface area (Å²) in [6.07, 6.45) is 3.16. The highest BCUT2D eigenvalue weighted by Crippen LogP contribution is 2.09. The molecule has 0 spiro atoms. The van der Waals surface area contributed by atoms with Crippen molar-refractivity contribution >= 4 is 17.9 Å². The van der Waals surface area contributed by atoms with Crippen molar-refractivity contribution in [1.82, 2.24) is 10.6 Å². The molecule has 0 saturated carbocycles.